The Labute approximate surface area is 160 Å². The number of sulfonamides is 1. The van der Waals surface area contributed by atoms with Crippen LogP contribution in [0.1, 0.15) is 31.2 Å². The van der Waals surface area contributed by atoms with Crippen molar-refractivity contribution < 1.29 is 8.42 Å². The van der Waals surface area contributed by atoms with E-state index in [-0.39, 0.29) is 4.90 Å². The molecule has 0 radical (unpaired) electrons. The minimum Gasteiger partial charge on any atom is -0.361 e. The number of anilines is 3. The monoisotopic (exact) mass is 393 g/mol. The van der Waals surface area contributed by atoms with Crippen molar-refractivity contribution in [3.63, 3.8) is 0 Å². The van der Waals surface area contributed by atoms with Gasteiger partial charge in [-0.15, -0.1) is 0 Å². The molecule has 0 amide bonds. The van der Waals surface area contributed by atoms with Gasteiger partial charge < -0.3 is 9.80 Å². The van der Waals surface area contributed by atoms with Gasteiger partial charge in [-0.2, -0.15) is 10.1 Å². The molecule has 0 aliphatic carbocycles. The first-order chi connectivity index (χ1) is 12.7. The summed E-state index contributed by atoms with van der Waals surface area (Å²) in [4.78, 5) is 13.1. The zero-order valence-electron chi connectivity index (χ0n) is 16.5. The second-order valence-electron chi connectivity index (χ2n) is 6.92. The van der Waals surface area contributed by atoms with Crippen LogP contribution in [0.2, 0.25) is 0 Å². The van der Waals surface area contributed by atoms with Crippen molar-refractivity contribution in [2.45, 2.75) is 45.1 Å². The quantitative estimate of drug-likeness (QED) is 0.799. The summed E-state index contributed by atoms with van der Waals surface area (Å²) in [7, 11) is -0.140. The van der Waals surface area contributed by atoms with Crippen molar-refractivity contribution in [3.8, 4) is 0 Å². The summed E-state index contributed by atoms with van der Waals surface area (Å²) >= 11 is 0. The average Bonchev–Trinajstić information content (AvgIpc) is 3.22. The first kappa shape index (κ1) is 19.4. The van der Waals surface area contributed by atoms with E-state index in [9.17, 15) is 8.42 Å². The largest absolute Gasteiger partial charge is 0.361 e. The molecule has 0 aromatic carbocycles. The number of nitrogens with one attached hydrogen (secondary N) is 1. The maximum absolute atomic E-state index is 13.0. The fourth-order valence-corrected chi connectivity index (χ4v) is 4.88. The van der Waals surface area contributed by atoms with Crippen LogP contribution >= 0.6 is 0 Å². The molecule has 1 aliphatic heterocycles. The van der Waals surface area contributed by atoms with E-state index in [1.165, 1.54) is 0 Å². The Hall–Kier alpha value is -2.36. The first-order valence-corrected chi connectivity index (χ1v) is 10.6. The van der Waals surface area contributed by atoms with Gasteiger partial charge >= 0.3 is 0 Å². The van der Waals surface area contributed by atoms with Gasteiger partial charge in [-0.05, 0) is 33.6 Å². The number of rotatable bonds is 6. The van der Waals surface area contributed by atoms with Crippen LogP contribution in [0.15, 0.2) is 11.1 Å². The van der Waals surface area contributed by atoms with Crippen molar-refractivity contribution in [2.24, 2.45) is 0 Å². The van der Waals surface area contributed by atoms with Gasteiger partial charge in [-0.3, -0.25) is 9.40 Å². The third-order valence-corrected chi connectivity index (χ3v) is 6.31. The highest BCUT2D eigenvalue weighted by molar-refractivity contribution is 7.92. The zero-order chi connectivity index (χ0) is 19.8. The standard InChI is InChI=1S/C17H27N7O2S/c1-6-24-13(3)15(12(2)20-24)27(25,26)21-14-11-18-17(19-16(14)22(4)5)23-9-7-8-10-23/h11,21H,6-10H2,1-5H3. The highest BCUT2D eigenvalue weighted by atomic mass is 32.2. The van der Waals surface area contributed by atoms with Gasteiger partial charge in [0.05, 0.1) is 17.6 Å². The Morgan fingerprint density at radius 3 is 2.44 bits per heavy atom. The Bertz CT molecular complexity index is 931. The molecule has 3 rings (SSSR count). The van der Waals surface area contributed by atoms with Crippen molar-refractivity contribution in [1.82, 2.24) is 19.7 Å². The molecule has 10 heteroatoms. The van der Waals surface area contributed by atoms with E-state index in [0.717, 1.165) is 25.9 Å². The van der Waals surface area contributed by atoms with Crippen LogP contribution in [0.25, 0.3) is 0 Å². The summed E-state index contributed by atoms with van der Waals surface area (Å²) in [6, 6.07) is 0. The van der Waals surface area contributed by atoms with Crippen molar-refractivity contribution >= 4 is 27.5 Å². The first-order valence-electron chi connectivity index (χ1n) is 9.10. The van der Waals surface area contributed by atoms with E-state index >= 15 is 0 Å². The number of hydrogen-bond acceptors (Lipinski definition) is 7. The SMILES string of the molecule is CCn1nc(C)c(S(=O)(=O)Nc2cnc(N3CCCC3)nc2N(C)C)c1C. The molecule has 148 valence electrons. The van der Waals surface area contributed by atoms with E-state index in [0.29, 0.717) is 35.4 Å². The molecule has 0 spiro atoms. The van der Waals surface area contributed by atoms with Gasteiger partial charge in [0.25, 0.3) is 10.0 Å². The van der Waals surface area contributed by atoms with Crippen LogP contribution in [0, 0.1) is 13.8 Å². The van der Waals surface area contributed by atoms with Gasteiger partial charge in [0.2, 0.25) is 5.95 Å². The number of aromatic nitrogens is 4. The predicted octanol–water partition coefficient (Wildman–Crippen LogP) is 1.78. The van der Waals surface area contributed by atoms with Gasteiger partial charge in [0.15, 0.2) is 5.82 Å². The Morgan fingerprint density at radius 2 is 1.89 bits per heavy atom. The van der Waals surface area contributed by atoms with E-state index in [1.807, 2.05) is 21.0 Å². The molecule has 9 nitrogen and oxygen atoms in total. The van der Waals surface area contributed by atoms with Crippen LogP contribution in [-0.2, 0) is 16.6 Å². The molecule has 27 heavy (non-hydrogen) atoms. The molecular weight excluding hydrogens is 366 g/mol. The molecule has 1 aliphatic rings. The molecule has 0 bridgehead atoms. The van der Waals surface area contributed by atoms with Crippen molar-refractivity contribution in [3.05, 3.63) is 17.6 Å². The maximum Gasteiger partial charge on any atom is 0.265 e. The van der Waals surface area contributed by atoms with E-state index in [2.05, 4.69) is 24.7 Å². The minimum atomic E-state index is -3.81. The summed E-state index contributed by atoms with van der Waals surface area (Å²) in [6.07, 6.45) is 3.78. The van der Waals surface area contributed by atoms with Crippen LogP contribution in [0.4, 0.5) is 17.5 Å². The molecule has 1 saturated heterocycles. The van der Waals surface area contributed by atoms with Gasteiger partial charge in [-0.1, -0.05) is 0 Å². The average molecular weight is 394 g/mol. The summed E-state index contributed by atoms with van der Waals surface area (Å²) in [6.45, 7) is 7.85. The summed E-state index contributed by atoms with van der Waals surface area (Å²) in [5, 5.41) is 4.31. The fourth-order valence-electron chi connectivity index (χ4n) is 3.42. The third-order valence-electron chi connectivity index (χ3n) is 4.70. The van der Waals surface area contributed by atoms with E-state index < -0.39 is 10.0 Å². The number of hydrogen-bond donors (Lipinski definition) is 1. The molecule has 0 unspecified atom stereocenters. The maximum atomic E-state index is 13.0. The van der Waals surface area contributed by atoms with Crippen LogP contribution in [0.5, 0.6) is 0 Å². The number of nitrogens with zero attached hydrogens (tertiary/aromatic N) is 6. The molecule has 0 atom stereocenters. The van der Waals surface area contributed by atoms with Crippen molar-refractivity contribution in [2.75, 3.05) is 41.7 Å². The summed E-state index contributed by atoms with van der Waals surface area (Å²) < 4.78 is 30.4. The second-order valence-corrected chi connectivity index (χ2v) is 8.54. The lowest BCUT2D eigenvalue weighted by Crippen LogP contribution is -2.24. The highest BCUT2D eigenvalue weighted by Gasteiger charge is 2.26. The predicted molar refractivity (Wildman–Crippen MR) is 106 cm³/mol. The molecule has 0 saturated carbocycles. The lowest BCUT2D eigenvalue weighted by molar-refractivity contribution is 0.598. The van der Waals surface area contributed by atoms with Crippen molar-refractivity contribution in [1.29, 1.82) is 0 Å². The molecule has 2 aromatic rings. The van der Waals surface area contributed by atoms with Crippen LogP contribution in [0.3, 0.4) is 0 Å². The van der Waals surface area contributed by atoms with Gasteiger partial charge in [0.1, 0.15) is 10.6 Å². The second kappa shape index (κ2) is 7.34. The summed E-state index contributed by atoms with van der Waals surface area (Å²) in [5.74, 6) is 1.17. The normalized spacial score (nSPS) is 14.6. The lowest BCUT2D eigenvalue weighted by Gasteiger charge is -2.21. The molecule has 1 fully saturated rings. The number of aryl methyl sites for hydroxylation is 2. The zero-order valence-corrected chi connectivity index (χ0v) is 17.3. The van der Waals surface area contributed by atoms with Gasteiger partial charge in [-0.25, -0.2) is 13.4 Å². The lowest BCUT2D eigenvalue weighted by atomic mass is 10.4. The topological polar surface area (TPSA) is 96.2 Å². The highest BCUT2D eigenvalue weighted by Crippen LogP contribution is 2.29. The van der Waals surface area contributed by atoms with E-state index in [4.69, 9.17) is 0 Å². The van der Waals surface area contributed by atoms with Gasteiger partial charge in [0, 0.05) is 33.7 Å². The van der Waals surface area contributed by atoms with Crippen LogP contribution < -0.4 is 14.5 Å². The Balaban J connectivity index is 1.98. The fraction of sp³-hybridized carbons (Fsp3) is 0.588. The minimum absolute atomic E-state index is 0.206. The third kappa shape index (κ3) is 3.71. The molecular formula is C17H27N7O2S. The molecule has 1 N–H and O–H groups in total. The smallest absolute Gasteiger partial charge is 0.265 e. The molecule has 2 aromatic heterocycles. The van der Waals surface area contributed by atoms with E-state index in [1.54, 1.807) is 29.6 Å². The Kier molecular flexibility index (Phi) is 5.27. The van der Waals surface area contributed by atoms with Crippen LogP contribution in [-0.4, -0.2) is 55.4 Å². The summed E-state index contributed by atoms with van der Waals surface area (Å²) in [5.41, 5.74) is 1.44. The Morgan fingerprint density at radius 1 is 1.22 bits per heavy atom. The molecule has 3 heterocycles.